The Morgan fingerprint density at radius 1 is 1.35 bits per heavy atom. The number of nitrogens with two attached hydrogens (primary N) is 1. The van der Waals surface area contributed by atoms with Crippen molar-refractivity contribution in [2.24, 2.45) is 5.73 Å². The van der Waals surface area contributed by atoms with E-state index >= 15 is 0 Å². The first-order valence-corrected chi connectivity index (χ1v) is 8.11. The van der Waals surface area contributed by atoms with Gasteiger partial charge in [0.2, 0.25) is 0 Å². The first-order chi connectivity index (χ1) is 10.3. The van der Waals surface area contributed by atoms with Crippen molar-refractivity contribution < 1.29 is 9.53 Å². The van der Waals surface area contributed by atoms with Crippen LogP contribution in [0.2, 0.25) is 0 Å². The first kappa shape index (κ1) is 18.1. The summed E-state index contributed by atoms with van der Waals surface area (Å²) < 4.78 is 7.72. The zero-order valence-corrected chi connectivity index (χ0v) is 14.9. The third kappa shape index (κ3) is 3.98. The molecule has 0 saturated carbocycles. The van der Waals surface area contributed by atoms with E-state index in [1.807, 2.05) is 27.0 Å². The fourth-order valence-electron chi connectivity index (χ4n) is 3.29. The van der Waals surface area contributed by atoms with Crippen LogP contribution in [0.5, 0.6) is 0 Å². The molecular formula is C16H27ClN4O2. The fraction of sp³-hybridized carbons (Fsp3) is 0.750. The van der Waals surface area contributed by atoms with Gasteiger partial charge in [0.15, 0.2) is 0 Å². The summed E-state index contributed by atoms with van der Waals surface area (Å²) in [6, 6.07) is 0.212. The van der Waals surface area contributed by atoms with Crippen LogP contribution in [-0.4, -0.2) is 45.3 Å². The van der Waals surface area contributed by atoms with Gasteiger partial charge in [0.1, 0.15) is 11.4 Å². The quantitative estimate of drug-likeness (QED) is 0.849. The maximum Gasteiger partial charge on any atom is 0.410 e. The van der Waals surface area contributed by atoms with Crippen LogP contribution < -0.4 is 5.73 Å². The molecular weight excluding hydrogens is 316 g/mol. The molecule has 6 nitrogen and oxygen atoms in total. The maximum atomic E-state index is 12.2. The molecule has 130 valence electrons. The molecule has 7 heteroatoms. The smallest absolute Gasteiger partial charge is 0.410 e. The van der Waals surface area contributed by atoms with E-state index in [9.17, 15) is 4.79 Å². The Labute approximate surface area is 143 Å². The normalized spacial score (nSPS) is 24.1. The minimum Gasteiger partial charge on any atom is -0.444 e. The van der Waals surface area contributed by atoms with Gasteiger partial charge in [0.05, 0.1) is 0 Å². The van der Waals surface area contributed by atoms with E-state index in [-0.39, 0.29) is 30.5 Å². The Bertz CT molecular complexity index is 567. The van der Waals surface area contributed by atoms with Gasteiger partial charge in [0, 0.05) is 43.5 Å². The number of aromatic nitrogens is 2. The second-order valence-electron chi connectivity index (χ2n) is 7.43. The summed E-state index contributed by atoms with van der Waals surface area (Å²) in [7, 11) is 0. The number of carbonyl (C=O) groups excluding carboxylic acids is 1. The molecule has 2 aliphatic rings. The number of amides is 1. The monoisotopic (exact) mass is 342 g/mol. The molecule has 2 atom stereocenters. The predicted octanol–water partition coefficient (Wildman–Crippen LogP) is 2.30. The Morgan fingerprint density at radius 3 is 2.78 bits per heavy atom. The van der Waals surface area contributed by atoms with Crippen LogP contribution in [0.1, 0.15) is 51.0 Å². The van der Waals surface area contributed by atoms with Gasteiger partial charge >= 0.3 is 6.09 Å². The summed E-state index contributed by atoms with van der Waals surface area (Å²) in [4.78, 5) is 18.6. The number of halogens is 1. The molecule has 0 aliphatic carbocycles. The van der Waals surface area contributed by atoms with Crippen molar-refractivity contribution in [3.05, 3.63) is 17.7 Å². The Balaban J connectivity index is 0.00000192. The summed E-state index contributed by atoms with van der Waals surface area (Å²) in [6.07, 6.45) is 4.70. The van der Waals surface area contributed by atoms with Crippen molar-refractivity contribution in [1.82, 2.24) is 14.5 Å². The minimum absolute atomic E-state index is 0. The number of imidazole rings is 1. The van der Waals surface area contributed by atoms with E-state index in [4.69, 9.17) is 10.5 Å². The lowest BCUT2D eigenvalue weighted by Crippen LogP contribution is -2.35. The van der Waals surface area contributed by atoms with Gasteiger partial charge in [-0.3, -0.25) is 0 Å². The molecule has 0 bridgehead atoms. The number of hydrogen-bond donors (Lipinski definition) is 1. The van der Waals surface area contributed by atoms with Crippen molar-refractivity contribution in [2.45, 2.75) is 64.1 Å². The molecule has 3 rings (SSSR count). The van der Waals surface area contributed by atoms with E-state index in [1.54, 1.807) is 4.90 Å². The lowest BCUT2D eigenvalue weighted by Gasteiger charge is -2.25. The summed E-state index contributed by atoms with van der Waals surface area (Å²) in [6.45, 7) is 7.93. The first-order valence-electron chi connectivity index (χ1n) is 8.11. The van der Waals surface area contributed by atoms with E-state index in [1.165, 1.54) is 5.69 Å². The van der Waals surface area contributed by atoms with Crippen LogP contribution in [0.4, 0.5) is 4.79 Å². The summed E-state index contributed by atoms with van der Waals surface area (Å²) in [5.41, 5.74) is 6.91. The number of ether oxygens (including phenoxy) is 1. The number of hydrogen-bond acceptors (Lipinski definition) is 4. The molecule has 2 unspecified atom stereocenters. The maximum absolute atomic E-state index is 12.2. The predicted molar refractivity (Wildman–Crippen MR) is 90.9 cm³/mol. The Morgan fingerprint density at radius 2 is 2.09 bits per heavy atom. The lowest BCUT2D eigenvalue weighted by molar-refractivity contribution is 0.0292. The van der Waals surface area contributed by atoms with Crippen LogP contribution in [0.15, 0.2) is 6.20 Å². The summed E-state index contributed by atoms with van der Waals surface area (Å²) >= 11 is 0. The average molecular weight is 343 g/mol. The number of rotatable bonds is 1. The number of fused-ring (bicyclic) bond motifs is 1. The third-order valence-electron chi connectivity index (χ3n) is 4.36. The standard InChI is InChI=1S/C16H26N4O2.ClH/c1-16(2,3)22-15(21)19-7-6-11(9-19)14-18-8-13-5-4-12(17)10-20(13)14;/h8,11-12H,4-7,9-10,17H2,1-3H3;1H. The summed E-state index contributed by atoms with van der Waals surface area (Å²) in [5, 5.41) is 0. The SMILES string of the molecule is CC(C)(C)OC(=O)N1CCC(c2ncc3n2CC(N)CC3)C1.Cl. The number of nitrogens with zero attached hydrogens (tertiary/aromatic N) is 3. The highest BCUT2D eigenvalue weighted by molar-refractivity contribution is 5.85. The number of carbonyl (C=O) groups is 1. The third-order valence-corrected chi connectivity index (χ3v) is 4.36. The molecule has 0 radical (unpaired) electrons. The lowest BCUT2D eigenvalue weighted by atomic mass is 10.0. The van der Waals surface area contributed by atoms with Crippen LogP contribution in [0, 0.1) is 0 Å². The van der Waals surface area contributed by atoms with Crippen molar-refractivity contribution in [2.75, 3.05) is 13.1 Å². The molecule has 1 amide bonds. The molecule has 23 heavy (non-hydrogen) atoms. The van der Waals surface area contributed by atoms with E-state index in [2.05, 4.69) is 9.55 Å². The van der Waals surface area contributed by atoms with Crippen molar-refractivity contribution in [3.8, 4) is 0 Å². The fourth-order valence-corrected chi connectivity index (χ4v) is 3.29. The van der Waals surface area contributed by atoms with Crippen LogP contribution in [-0.2, 0) is 17.7 Å². The zero-order valence-electron chi connectivity index (χ0n) is 14.1. The van der Waals surface area contributed by atoms with Gasteiger partial charge in [0.25, 0.3) is 0 Å². The minimum atomic E-state index is -0.450. The molecule has 2 N–H and O–H groups in total. The van der Waals surface area contributed by atoms with E-state index in [0.717, 1.165) is 38.2 Å². The van der Waals surface area contributed by atoms with Gasteiger partial charge in [-0.2, -0.15) is 0 Å². The Kier molecular flexibility index (Phi) is 5.26. The average Bonchev–Trinajstić information content (AvgIpc) is 3.01. The van der Waals surface area contributed by atoms with Gasteiger partial charge in [-0.1, -0.05) is 0 Å². The van der Waals surface area contributed by atoms with Crippen molar-refractivity contribution in [3.63, 3.8) is 0 Å². The Hall–Kier alpha value is -1.27. The van der Waals surface area contributed by atoms with Gasteiger partial charge < -0.3 is 19.9 Å². The van der Waals surface area contributed by atoms with E-state index < -0.39 is 5.60 Å². The number of likely N-dealkylation sites (tertiary alicyclic amines) is 1. The molecule has 1 aromatic heterocycles. The van der Waals surface area contributed by atoms with Crippen molar-refractivity contribution in [1.29, 1.82) is 0 Å². The highest BCUT2D eigenvalue weighted by Crippen LogP contribution is 2.30. The van der Waals surface area contributed by atoms with E-state index in [0.29, 0.717) is 6.54 Å². The van der Waals surface area contributed by atoms with Crippen molar-refractivity contribution >= 4 is 18.5 Å². The van der Waals surface area contributed by atoms with Gasteiger partial charge in [-0.15, -0.1) is 12.4 Å². The second-order valence-corrected chi connectivity index (χ2v) is 7.43. The van der Waals surface area contributed by atoms with Crippen LogP contribution >= 0.6 is 12.4 Å². The highest BCUT2D eigenvalue weighted by Gasteiger charge is 2.33. The molecule has 1 aromatic rings. The molecule has 0 spiro atoms. The molecule has 2 aliphatic heterocycles. The largest absolute Gasteiger partial charge is 0.444 e. The second kappa shape index (κ2) is 6.69. The molecule has 1 saturated heterocycles. The van der Waals surface area contributed by atoms with Gasteiger partial charge in [-0.25, -0.2) is 9.78 Å². The highest BCUT2D eigenvalue weighted by atomic mass is 35.5. The van der Waals surface area contributed by atoms with Crippen LogP contribution in [0.25, 0.3) is 0 Å². The molecule has 1 fully saturated rings. The number of aryl methyl sites for hydroxylation is 1. The summed E-state index contributed by atoms with van der Waals surface area (Å²) in [5.74, 6) is 1.36. The molecule has 3 heterocycles. The topological polar surface area (TPSA) is 73.4 Å². The zero-order chi connectivity index (χ0) is 15.9. The van der Waals surface area contributed by atoms with Crippen LogP contribution in [0.3, 0.4) is 0 Å². The van der Waals surface area contributed by atoms with Gasteiger partial charge in [-0.05, 0) is 40.0 Å². The molecule has 0 aromatic carbocycles.